The number of carbonyl (C=O) groups excluding carboxylic acids is 1. The molecule has 0 amide bonds. The van der Waals surface area contributed by atoms with Crippen LogP contribution < -0.4 is 0 Å². The van der Waals surface area contributed by atoms with Crippen LogP contribution in [0.15, 0.2) is 0 Å². The predicted octanol–water partition coefficient (Wildman–Crippen LogP) is 2.20. The van der Waals surface area contributed by atoms with Crippen molar-refractivity contribution in [2.75, 3.05) is 6.67 Å². The molecule has 0 spiro atoms. The SMILES string of the molecule is O=C(O)CCC(=O)[C@H]1CC[C@H](CF)CC1. The first-order valence-electron chi connectivity index (χ1n) is 5.44. The van der Waals surface area contributed by atoms with Crippen LogP contribution in [0.25, 0.3) is 0 Å². The lowest BCUT2D eigenvalue weighted by atomic mass is 9.80. The number of alkyl halides is 1. The highest BCUT2D eigenvalue weighted by molar-refractivity contribution is 5.84. The molecule has 4 heteroatoms. The van der Waals surface area contributed by atoms with Crippen LogP contribution in [0, 0.1) is 11.8 Å². The third-order valence-corrected chi connectivity index (χ3v) is 3.11. The lowest BCUT2D eigenvalue weighted by Gasteiger charge is -2.25. The van der Waals surface area contributed by atoms with Gasteiger partial charge in [0.15, 0.2) is 0 Å². The van der Waals surface area contributed by atoms with Gasteiger partial charge in [-0.05, 0) is 31.6 Å². The molecule has 1 N–H and O–H groups in total. The van der Waals surface area contributed by atoms with E-state index in [1.807, 2.05) is 0 Å². The Bertz CT molecular complexity index is 232. The Labute approximate surface area is 88.7 Å². The maximum atomic E-state index is 12.3. The smallest absolute Gasteiger partial charge is 0.303 e. The molecule has 1 aliphatic carbocycles. The number of hydrogen-bond donors (Lipinski definition) is 1. The maximum absolute atomic E-state index is 12.3. The van der Waals surface area contributed by atoms with Gasteiger partial charge >= 0.3 is 5.97 Å². The first-order valence-corrected chi connectivity index (χ1v) is 5.44. The van der Waals surface area contributed by atoms with Gasteiger partial charge in [-0.3, -0.25) is 14.0 Å². The summed E-state index contributed by atoms with van der Waals surface area (Å²) >= 11 is 0. The fourth-order valence-corrected chi connectivity index (χ4v) is 2.07. The van der Waals surface area contributed by atoms with Crippen LogP contribution in [0.3, 0.4) is 0 Å². The second kappa shape index (κ2) is 5.83. The van der Waals surface area contributed by atoms with Gasteiger partial charge in [0.2, 0.25) is 0 Å². The van der Waals surface area contributed by atoms with Gasteiger partial charge in [-0.15, -0.1) is 0 Å². The molecule has 0 bridgehead atoms. The number of aliphatic carboxylic acids is 1. The van der Waals surface area contributed by atoms with Gasteiger partial charge in [-0.1, -0.05) is 0 Å². The van der Waals surface area contributed by atoms with E-state index in [2.05, 4.69) is 0 Å². The number of hydrogen-bond acceptors (Lipinski definition) is 2. The highest BCUT2D eigenvalue weighted by atomic mass is 19.1. The second-order valence-corrected chi connectivity index (χ2v) is 4.23. The molecule has 1 saturated carbocycles. The Morgan fingerprint density at radius 3 is 2.20 bits per heavy atom. The largest absolute Gasteiger partial charge is 0.481 e. The van der Waals surface area contributed by atoms with Crippen LogP contribution in [-0.4, -0.2) is 23.5 Å². The van der Waals surface area contributed by atoms with Crippen LogP contribution in [-0.2, 0) is 9.59 Å². The molecule has 15 heavy (non-hydrogen) atoms. The van der Waals surface area contributed by atoms with E-state index in [0.717, 1.165) is 25.7 Å². The predicted molar refractivity (Wildman–Crippen MR) is 53.3 cm³/mol. The van der Waals surface area contributed by atoms with Crippen LogP contribution in [0.2, 0.25) is 0 Å². The van der Waals surface area contributed by atoms with Gasteiger partial charge < -0.3 is 5.11 Å². The Kier molecular flexibility index (Phi) is 4.72. The van der Waals surface area contributed by atoms with E-state index in [-0.39, 0.29) is 37.1 Å². The second-order valence-electron chi connectivity index (χ2n) is 4.23. The summed E-state index contributed by atoms with van der Waals surface area (Å²) in [5, 5.41) is 8.44. The molecule has 1 rings (SSSR count). The van der Waals surface area contributed by atoms with E-state index in [1.54, 1.807) is 0 Å². The fourth-order valence-electron chi connectivity index (χ4n) is 2.07. The van der Waals surface area contributed by atoms with Crippen LogP contribution in [0.4, 0.5) is 4.39 Å². The topological polar surface area (TPSA) is 54.4 Å². The van der Waals surface area contributed by atoms with Gasteiger partial charge in [0.05, 0.1) is 13.1 Å². The molecular weight excluding hydrogens is 199 g/mol. The quantitative estimate of drug-likeness (QED) is 0.766. The average molecular weight is 216 g/mol. The number of ketones is 1. The van der Waals surface area contributed by atoms with E-state index >= 15 is 0 Å². The molecule has 0 heterocycles. The summed E-state index contributed by atoms with van der Waals surface area (Å²) < 4.78 is 12.3. The Balaban J connectivity index is 2.27. The van der Waals surface area contributed by atoms with E-state index in [4.69, 9.17) is 5.11 Å². The number of carboxylic acids is 1. The van der Waals surface area contributed by atoms with Crippen molar-refractivity contribution >= 4 is 11.8 Å². The third-order valence-electron chi connectivity index (χ3n) is 3.11. The van der Waals surface area contributed by atoms with Crippen LogP contribution in [0.5, 0.6) is 0 Å². The summed E-state index contributed by atoms with van der Waals surface area (Å²) in [6.45, 7) is -0.296. The van der Waals surface area contributed by atoms with Gasteiger partial charge in [0.25, 0.3) is 0 Å². The lowest BCUT2D eigenvalue weighted by Crippen LogP contribution is -2.23. The Morgan fingerprint density at radius 2 is 1.73 bits per heavy atom. The molecule has 0 radical (unpaired) electrons. The molecule has 1 aliphatic rings. The van der Waals surface area contributed by atoms with Crippen molar-refractivity contribution in [2.45, 2.75) is 38.5 Å². The minimum Gasteiger partial charge on any atom is -0.481 e. The minimum atomic E-state index is -0.930. The summed E-state index contributed by atoms with van der Waals surface area (Å²) in [7, 11) is 0. The van der Waals surface area contributed by atoms with Gasteiger partial charge in [0.1, 0.15) is 5.78 Å². The molecule has 0 saturated heterocycles. The molecule has 0 aliphatic heterocycles. The number of carbonyl (C=O) groups is 2. The number of halogens is 1. The maximum Gasteiger partial charge on any atom is 0.303 e. The zero-order chi connectivity index (χ0) is 11.3. The molecular formula is C11H17FO3. The summed E-state index contributed by atoms with van der Waals surface area (Å²) in [4.78, 5) is 21.8. The highest BCUT2D eigenvalue weighted by Gasteiger charge is 2.25. The van der Waals surface area contributed by atoms with E-state index in [0.29, 0.717) is 0 Å². The number of carboxylic acid groups (broad SMARTS) is 1. The monoisotopic (exact) mass is 216 g/mol. The van der Waals surface area contributed by atoms with Crippen molar-refractivity contribution < 1.29 is 19.1 Å². The molecule has 86 valence electrons. The molecule has 0 aromatic heterocycles. The van der Waals surface area contributed by atoms with Crippen molar-refractivity contribution in [2.24, 2.45) is 11.8 Å². The van der Waals surface area contributed by atoms with Crippen molar-refractivity contribution in [3.8, 4) is 0 Å². The van der Waals surface area contributed by atoms with Gasteiger partial charge in [-0.2, -0.15) is 0 Å². The number of Topliss-reactive ketones (excluding diaryl/α,β-unsaturated/α-hetero) is 1. The van der Waals surface area contributed by atoms with Gasteiger partial charge in [-0.25, -0.2) is 0 Å². The first-order chi connectivity index (χ1) is 7.13. The lowest BCUT2D eigenvalue weighted by molar-refractivity contribution is -0.139. The average Bonchev–Trinajstić information content (AvgIpc) is 2.26. The highest BCUT2D eigenvalue weighted by Crippen LogP contribution is 2.30. The zero-order valence-corrected chi connectivity index (χ0v) is 8.75. The molecule has 0 unspecified atom stereocenters. The van der Waals surface area contributed by atoms with Crippen molar-refractivity contribution in [3.63, 3.8) is 0 Å². The van der Waals surface area contributed by atoms with E-state index in [9.17, 15) is 14.0 Å². The summed E-state index contributed by atoms with van der Waals surface area (Å²) in [6, 6.07) is 0. The molecule has 0 atom stereocenters. The molecule has 3 nitrogen and oxygen atoms in total. The van der Waals surface area contributed by atoms with Crippen LogP contribution >= 0.6 is 0 Å². The molecule has 1 fully saturated rings. The van der Waals surface area contributed by atoms with Crippen molar-refractivity contribution in [3.05, 3.63) is 0 Å². The number of rotatable bonds is 5. The standard InChI is InChI=1S/C11H17FO3/c12-7-8-1-3-9(4-2-8)10(13)5-6-11(14)15/h8-9H,1-7H2,(H,14,15)/t8-,9-. The summed E-state index contributed by atoms with van der Waals surface area (Å²) in [6.07, 6.45) is 3.03. The molecule has 0 aromatic carbocycles. The third kappa shape index (κ3) is 3.98. The molecule has 0 aromatic rings. The van der Waals surface area contributed by atoms with Crippen LogP contribution in [0.1, 0.15) is 38.5 Å². The first kappa shape index (κ1) is 12.1. The Hall–Kier alpha value is -0.930. The summed E-state index contributed by atoms with van der Waals surface area (Å²) in [5.74, 6) is -0.795. The van der Waals surface area contributed by atoms with E-state index in [1.165, 1.54) is 0 Å². The Morgan fingerprint density at radius 1 is 1.13 bits per heavy atom. The van der Waals surface area contributed by atoms with Crippen molar-refractivity contribution in [1.82, 2.24) is 0 Å². The van der Waals surface area contributed by atoms with Crippen molar-refractivity contribution in [1.29, 1.82) is 0 Å². The minimum absolute atomic E-state index is 0.0212. The van der Waals surface area contributed by atoms with Gasteiger partial charge in [0, 0.05) is 12.3 Å². The van der Waals surface area contributed by atoms with E-state index < -0.39 is 5.97 Å². The fraction of sp³-hybridized carbons (Fsp3) is 0.818. The normalized spacial score (nSPS) is 26.2. The summed E-state index contributed by atoms with van der Waals surface area (Å²) in [5.41, 5.74) is 0. The zero-order valence-electron chi connectivity index (χ0n) is 8.75.